The fourth-order valence-corrected chi connectivity index (χ4v) is 4.50. The van der Waals surface area contributed by atoms with Gasteiger partial charge in [0.2, 0.25) is 5.91 Å². The molecule has 8 heteroatoms. The number of aryl methyl sites for hydroxylation is 2. The van der Waals surface area contributed by atoms with Crippen LogP contribution in [-0.4, -0.2) is 51.1 Å². The van der Waals surface area contributed by atoms with E-state index < -0.39 is 0 Å². The van der Waals surface area contributed by atoms with Crippen LogP contribution in [0.5, 0.6) is 0 Å². The number of rotatable bonds is 6. The average molecular weight is 452 g/mol. The van der Waals surface area contributed by atoms with Gasteiger partial charge in [0.15, 0.2) is 5.65 Å². The summed E-state index contributed by atoms with van der Waals surface area (Å²) in [6.45, 7) is 11.8. The number of likely N-dealkylation sites (tertiary alicyclic amines) is 1. The molecule has 0 atom stereocenters. The van der Waals surface area contributed by atoms with Crippen LogP contribution in [0.4, 0.5) is 0 Å². The van der Waals surface area contributed by atoms with Crippen molar-refractivity contribution in [2.24, 2.45) is 5.92 Å². The number of hydrogen-bond donors (Lipinski definition) is 1. The summed E-state index contributed by atoms with van der Waals surface area (Å²) in [5.74, 6) is 1.60. The monoisotopic (exact) mass is 451 g/mol. The topological polar surface area (TPSA) is 93.3 Å². The molecule has 0 saturated carbocycles. The van der Waals surface area contributed by atoms with Crippen LogP contribution in [0.1, 0.15) is 68.0 Å². The van der Waals surface area contributed by atoms with Crippen LogP contribution in [0.2, 0.25) is 0 Å². The Bertz CT molecular complexity index is 1170. The van der Waals surface area contributed by atoms with Crippen LogP contribution >= 0.6 is 0 Å². The highest BCUT2D eigenvalue weighted by Crippen LogP contribution is 2.31. The van der Waals surface area contributed by atoms with Crippen molar-refractivity contribution in [1.29, 1.82) is 0 Å². The molecule has 1 fully saturated rings. The number of hydrogen-bond acceptors (Lipinski definition) is 5. The summed E-state index contributed by atoms with van der Waals surface area (Å²) >= 11 is 0. The van der Waals surface area contributed by atoms with Crippen LogP contribution in [0.3, 0.4) is 0 Å². The molecule has 1 saturated heterocycles. The Kier molecular flexibility index (Phi) is 6.54. The first-order valence-corrected chi connectivity index (χ1v) is 11.8. The van der Waals surface area contributed by atoms with Crippen molar-refractivity contribution in [3.05, 3.63) is 35.4 Å². The van der Waals surface area contributed by atoms with Crippen molar-refractivity contribution in [2.45, 2.75) is 59.9 Å². The zero-order chi connectivity index (χ0) is 23.7. The molecule has 1 aliphatic heterocycles. The molecule has 0 spiro atoms. The summed E-state index contributed by atoms with van der Waals surface area (Å²) < 4.78 is 7.57. The van der Waals surface area contributed by atoms with Gasteiger partial charge in [-0.15, -0.1) is 0 Å². The van der Waals surface area contributed by atoms with Gasteiger partial charge in [-0.2, -0.15) is 5.10 Å². The molecule has 2 amide bonds. The second kappa shape index (κ2) is 9.37. The predicted molar refractivity (Wildman–Crippen MR) is 127 cm³/mol. The lowest BCUT2D eigenvalue weighted by molar-refractivity contribution is -0.126. The van der Waals surface area contributed by atoms with E-state index in [-0.39, 0.29) is 23.8 Å². The summed E-state index contributed by atoms with van der Waals surface area (Å²) in [7, 11) is 0. The minimum absolute atomic E-state index is 0.0335. The molecule has 0 unspecified atom stereocenters. The van der Waals surface area contributed by atoms with Crippen LogP contribution in [-0.2, 0) is 4.79 Å². The van der Waals surface area contributed by atoms with Crippen molar-refractivity contribution >= 4 is 22.8 Å². The third-order valence-electron chi connectivity index (χ3n) is 6.31. The third kappa shape index (κ3) is 4.51. The van der Waals surface area contributed by atoms with Crippen LogP contribution < -0.4 is 5.32 Å². The Labute approximate surface area is 194 Å². The largest absolute Gasteiger partial charge is 0.466 e. The highest BCUT2D eigenvalue weighted by Gasteiger charge is 2.29. The molecule has 176 valence electrons. The molecule has 3 aromatic rings. The number of piperidine rings is 1. The maximum Gasteiger partial charge on any atom is 0.254 e. The van der Waals surface area contributed by atoms with Crippen molar-refractivity contribution < 1.29 is 14.0 Å². The molecule has 4 rings (SSSR count). The molecule has 3 aromatic heterocycles. The minimum atomic E-state index is -0.0442. The average Bonchev–Trinajstić information content (AvgIpc) is 3.38. The van der Waals surface area contributed by atoms with Crippen molar-refractivity contribution in [1.82, 2.24) is 25.0 Å². The van der Waals surface area contributed by atoms with Gasteiger partial charge in [0.1, 0.15) is 11.5 Å². The molecule has 33 heavy (non-hydrogen) atoms. The number of aromatic nitrogens is 3. The Morgan fingerprint density at radius 3 is 2.55 bits per heavy atom. The van der Waals surface area contributed by atoms with Crippen molar-refractivity contribution in [3.8, 4) is 11.3 Å². The van der Waals surface area contributed by atoms with Gasteiger partial charge in [0, 0.05) is 37.2 Å². The van der Waals surface area contributed by atoms with Gasteiger partial charge in [-0.1, -0.05) is 6.92 Å². The number of carbonyl (C=O) groups excluding carboxylic acids is 2. The number of pyridine rings is 1. The number of nitrogens with zero attached hydrogens (tertiary/aromatic N) is 4. The summed E-state index contributed by atoms with van der Waals surface area (Å²) in [5.41, 5.74) is 2.87. The number of carbonyl (C=O) groups is 2. The maximum absolute atomic E-state index is 13.7. The van der Waals surface area contributed by atoms with E-state index in [4.69, 9.17) is 9.40 Å². The van der Waals surface area contributed by atoms with Gasteiger partial charge < -0.3 is 14.6 Å². The van der Waals surface area contributed by atoms with E-state index in [2.05, 4.69) is 10.4 Å². The highest BCUT2D eigenvalue weighted by atomic mass is 16.3. The smallest absolute Gasteiger partial charge is 0.254 e. The van der Waals surface area contributed by atoms with Gasteiger partial charge in [-0.05, 0) is 59.1 Å². The Morgan fingerprint density at radius 1 is 1.21 bits per heavy atom. The molecular formula is C25H33N5O3. The first-order chi connectivity index (χ1) is 15.8. The summed E-state index contributed by atoms with van der Waals surface area (Å²) in [5, 5.41) is 8.24. The van der Waals surface area contributed by atoms with Crippen LogP contribution in [0.15, 0.2) is 22.7 Å². The second-order valence-electron chi connectivity index (χ2n) is 9.16. The highest BCUT2D eigenvalue weighted by molar-refractivity contribution is 6.06. The van der Waals surface area contributed by atoms with E-state index in [0.717, 1.165) is 28.9 Å². The molecule has 0 bridgehead atoms. The molecule has 8 nitrogen and oxygen atoms in total. The summed E-state index contributed by atoms with van der Waals surface area (Å²) in [6.07, 6.45) is 4.00. The fourth-order valence-electron chi connectivity index (χ4n) is 4.50. The van der Waals surface area contributed by atoms with Crippen LogP contribution in [0, 0.1) is 19.8 Å². The third-order valence-corrected chi connectivity index (χ3v) is 6.31. The molecule has 0 aromatic carbocycles. The predicted octanol–water partition coefficient (Wildman–Crippen LogP) is 4.27. The lowest BCUT2D eigenvalue weighted by Gasteiger charge is -2.31. The van der Waals surface area contributed by atoms with E-state index in [1.54, 1.807) is 6.20 Å². The zero-order valence-corrected chi connectivity index (χ0v) is 20.1. The molecule has 0 radical (unpaired) electrons. The van der Waals surface area contributed by atoms with Gasteiger partial charge in [0.25, 0.3) is 5.91 Å². The number of furan rings is 1. The summed E-state index contributed by atoms with van der Waals surface area (Å²) in [4.78, 5) is 32.7. The van der Waals surface area contributed by atoms with Crippen LogP contribution in [0.25, 0.3) is 22.3 Å². The Hall–Kier alpha value is -3.16. The first-order valence-electron chi connectivity index (χ1n) is 11.8. The zero-order valence-electron chi connectivity index (χ0n) is 20.1. The van der Waals surface area contributed by atoms with E-state index in [9.17, 15) is 9.59 Å². The van der Waals surface area contributed by atoms with Crippen molar-refractivity contribution in [2.75, 3.05) is 19.6 Å². The Balaban J connectivity index is 1.66. The molecular weight excluding hydrogens is 418 g/mol. The lowest BCUT2D eigenvalue weighted by Crippen LogP contribution is -2.43. The van der Waals surface area contributed by atoms with E-state index >= 15 is 0 Å². The standard InChI is InChI=1S/C25H33N5O3/c1-6-9-26-24(31)18-7-10-29(11-8-18)25(32)20-13-22(19-12-16(4)33-17(19)5)28-23-21(20)14-27-30(23)15(2)3/h12-15,18H,6-11H2,1-5H3,(H,26,31). The molecule has 4 heterocycles. The number of amides is 2. The van der Waals surface area contributed by atoms with Gasteiger partial charge in [-0.25, -0.2) is 9.67 Å². The maximum atomic E-state index is 13.7. The van der Waals surface area contributed by atoms with Gasteiger partial charge in [-0.3, -0.25) is 9.59 Å². The second-order valence-corrected chi connectivity index (χ2v) is 9.16. The minimum Gasteiger partial charge on any atom is -0.466 e. The van der Waals surface area contributed by atoms with E-state index in [1.807, 2.05) is 56.3 Å². The molecule has 1 N–H and O–H groups in total. The normalized spacial score (nSPS) is 14.9. The van der Waals surface area contributed by atoms with Gasteiger partial charge in [0.05, 0.1) is 22.8 Å². The SMILES string of the molecule is CCCNC(=O)C1CCN(C(=O)c2cc(-c3cc(C)oc3C)nc3c2cnn3C(C)C)CC1. The summed E-state index contributed by atoms with van der Waals surface area (Å²) in [6, 6.07) is 3.92. The number of fused-ring (bicyclic) bond motifs is 1. The fraction of sp³-hybridized carbons (Fsp3) is 0.520. The lowest BCUT2D eigenvalue weighted by atomic mass is 9.95. The van der Waals surface area contributed by atoms with E-state index in [0.29, 0.717) is 49.4 Å². The number of nitrogens with one attached hydrogen (secondary N) is 1. The van der Waals surface area contributed by atoms with Crippen molar-refractivity contribution in [3.63, 3.8) is 0 Å². The first kappa shape index (κ1) is 23.0. The van der Waals surface area contributed by atoms with E-state index in [1.165, 1.54) is 0 Å². The Morgan fingerprint density at radius 2 is 1.94 bits per heavy atom. The molecule has 1 aliphatic rings. The molecule has 0 aliphatic carbocycles. The quantitative estimate of drug-likeness (QED) is 0.604. The van der Waals surface area contributed by atoms with Gasteiger partial charge >= 0.3 is 0 Å².